The molecular formula is C33H56O6. The van der Waals surface area contributed by atoms with Gasteiger partial charge in [0.05, 0.1) is 36.6 Å². The molecule has 6 nitrogen and oxygen atoms in total. The summed E-state index contributed by atoms with van der Waals surface area (Å²) in [5.74, 6) is -0.764. The van der Waals surface area contributed by atoms with Gasteiger partial charge in [0.1, 0.15) is 0 Å². The number of carbonyl (C=O) groups is 3. The third kappa shape index (κ3) is 5.16. The van der Waals surface area contributed by atoms with Crippen LogP contribution in [0.25, 0.3) is 0 Å². The zero-order valence-electron chi connectivity index (χ0n) is 25.8. The summed E-state index contributed by atoms with van der Waals surface area (Å²) < 4.78 is 18.0. The van der Waals surface area contributed by atoms with E-state index in [1.165, 1.54) is 0 Å². The first-order chi connectivity index (χ1) is 18.7. The molecule has 39 heavy (non-hydrogen) atoms. The van der Waals surface area contributed by atoms with Crippen LogP contribution in [0, 0.1) is 33.5 Å². The van der Waals surface area contributed by atoms with Crippen LogP contribution in [0.2, 0.25) is 0 Å². The molecule has 224 valence electrons. The van der Waals surface area contributed by atoms with Crippen molar-refractivity contribution in [3.8, 4) is 0 Å². The Morgan fingerprint density at radius 1 is 0.846 bits per heavy atom. The summed E-state index contributed by atoms with van der Waals surface area (Å²) in [5.41, 5.74) is -2.97. The van der Waals surface area contributed by atoms with Gasteiger partial charge in [0, 0.05) is 10.8 Å². The van der Waals surface area contributed by atoms with E-state index in [-0.39, 0.29) is 17.9 Å². The average Bonchev–Trinajstić information content (AvgIpc) is 3.39. The van der Waals surface area contributed by atoms with E-state index in [9.17, 15) is 14.4 Å². The number of ether oxygens (including phenoxy) is 3. The number of rotatable bonds is 15. The van der Waals surface area contributed by atoms with Gasteiger partial charge in [-0.2, -0.15) is 0 Å². The molecule has 0 amide bonds. The van der Waals surface area contributed by atoms with E-state index < -0.39 is 27.6 Å². The average molecular weight is 549 g/mol. The molecule has 6 atom stereocenters. The summed E-state index contributed by atoms with van der Waals surface area (Å²) in [6.07, 6.45) is 12.8. The van der Waals surface area contributed by atoms with E-state index in [4.69, 9.17) is 14.2 Å². The highest BCUT2D eigenvalue weighted by atomic mass is 16.6. The van der Waals surface area contributed by atoms with Crippen molar-refractivity contribution in [3.05, 3.63) is 0 Å². The van der Waals surface area contributed by atoms with Gasteiger partial charge >= 0.3 is 17.9 Å². The lowest BCUT2D eigenvalue weighted by atomic mass is 9.37. The zero-order chi connectivity index (χ0) is 28.7. The summed E-state index contributed by atoms with van der Waals surface area (Å²) in [6.45, 7) is 14.1. The Morgan fingerprint density at radius 3 is 1.90 bits per heavy atom. The number of esters is 3. The van der Waals surface area contributed by atoms with E-state index in [1.54, 1.807) is 0 Å². The molecule has 6 unspecified atom stereocenters. The van der Waals surface area contributed by atoms with Gasteiger partial charge in [-0.25, -0.2) is 0 Å². The molecule has 1 aliphatic carbocycles. The van der Waals surface area contributed by atoms with Crippen LogP contribution >= 0.6 is 0 Å². The van der Waals surface area contributed by atoms with Crippen LogP contribution in [0.4, 0.5) is 0 Å². The van der Waals surface area contributed by atoms with Gasteiger partial charge in [0.15, 0.2) is 0 Å². The quantitative estimate of drug-likeness (QED) is 0.153. The fraction of sp³-hybridized carbons (Fsp3) is 0.909. The van der Waals surface area contributed by atoms with Crippen LogP contribution < -0.4 is 0 Å². The van der Waals surface area contributed by atoms with Crippen LogP contribution in [-0.4, -0.2) is 37.7 Å². The monoisotopic (exact) mass is 548 g/mol. The highest BCUT2D eigenvalue weighted by Crippen LogP contribution is 2.75. The zero-order valence-corrected chi connectivity index (χ0v) is 25.8. The van der Waals surface area contributed by atoms with Gasteiger partial charge in [0.2, 0.25) is 0 Å². The molecule has 0 aromatic carbocycles. The third-order valence-corrected chi connectivity index (χ3v) is 11.3. The molecular weight excluding hydrogens is 492 g/mol. The van der Waals surface area contributed by atoms with Gasteiger partial charge in [0.25, 0.3) is 0 Å². The van der Waals surface area contributed by atoms with E-state index >= 15 is 0 Å². The minimum Gasteiger partial charge on any atom is -0.465 e. The van der Waals surface area contributed by atoms with Gasteiger partial charge in [-0.15, -0.1) is 0 Å². The van der Waals surface area contributed by atoms with Crippen LogP contribution in [0.15, 0.2) is 0 Å². The van der Waals surface area contributed by atoms with Crippen LogP contribution in [0.5, 0.6) is 0 Å². The van der Waals surface area contributed by atoms with Crippen LogP contribution in [-0.2, 0) is 28.6 Å². The predicted octanol–water partition coefficient (Wildman–Crippen LogP) is 7.81. The van der Waals surface area contributed by atoms with Crippen LogP contribution in [0.1, 0.15) is 138 Å². The lowest BCUT2D eigenvalue weighted by Gasteiger charge is -2.60. The summed E-state index contributed by atoms with van der Waals surface area (Å²) >= 11 is 0. The summed E-state index contributed by atoms with van der Waals surface area (Å²) in [6, 6.07) is 0. The minimum absolute atomic E-state index is 0.207. The van der Waals surface area contributed by atoms with E-state index in [2.05, 4.69) is 41.5 Å². The number of hydrogen-bond donors (Lipinski definition) is 0. The van der Waals surface area contributed by atoms with Crippen molar-refractivity contribution in [2.24, 2.45) is 33.5 Å². The number of cyclic esters (lactones) is 2. The molecule has 2 heterocycles. The number of unbranched alkanes of at least 4 members (excludes halogenated alkanes) is 3. The van der Waals surface area contributed by atoms with E-state index in [0.29, 0.717) is 45.0 Å². The van der Waals surface area contributed by atoms with E-state index in [1.807, 2.05) is 0 Å². The lowest BCUT2D eigenvalue weighted by Crippen LogP contribution is -2.66. The molecule has 1 saturated carbocycles. The maximum atomic E-state index is 14.3. The predicted molar refractivity (Wildman–Crippen MR) is 153 cm³/mol. The van der Waals surface area contributed by atoms with Crippen molar-refractivity contribution < 1.29 is 28.6 Å². The molecule has 0 aromatic heterocycles. The fourth-order valence-electron chi connectivity index (χ4n) is 8.68. The lowest BCUT2D eigenvalue weighted by molar-refractivity contribution is -0.198. The smallest absolute Gasteiger partial charge is 0.314 e. The molecule has 3 aliphatic rings. The Morgan fingerprint density at radius 2 is 1.38 bits per heavy atom. The Bertz CT molecular complexity index is 855. The Kier molecular flexibility index (Phi) is 11.0. The van der Waals surface area contributed by atoms with Crippen molar-refractivity contribution >= 4 is 17.9 Å². The molecule has 2 spiro atoms. The molecule has 6 heteroatoms. The number of hydrogen-bond acceptors (Lipinski definition) is 6. The SMILES string of the molecule is CCCCC(CC)COC(=O)C1CCC2(C(=O)OCC2(CC)CCCC)C2(C1)C(=O)OCC2(CC)CCCC. The van der Waals surface area contributed by atoms with Gasteiger partial charge in [-0.1, -0.05) is 86.5 Å². The van der Waals surface area contributed by atoms with Crippen molar-refractivity contribution in [3.63, 3.8) is 0 Å². The Hall–Kier alpha value is -1.59. The molecule has 0 bridgehead atoms. The molecule has 2 aliphatic heterocycles. The maximum absolute atomic E-state index is 14.3. The topological polar surface area (TPSA) is 78.9 Å². The normalized spacial score (nSPS) is 34.9. The van der Waals surface area contributed by atoms with Crippen LogP contribution in [0.3, 0.4) is 0 Å². The van der Waals surface area contributed by atoms with Crippen molar-refractivity contribution in [2.75, 3.05) is 19.8 Å². The Labute approximate surface area is 237 Å². The maximum Gasteiger partial charge on any atom is 0.314 e. The van der Waals surface area contributed by atoms with Crippen molar-refractivity contribution in [1.82, 2.24) is 0 Å². The molecule has 3 rings (SSSR count). The fourth-order valence-corrected chi connectivity index (χ4v) is 8.68. The number of fused-ring (bicyclic) bond motifs is 1. The molecule has 0 radical (unpaired) electrons. The van der Waals surface area contributed by atoms with Gasteiger partial charge in [-0.3, -0.25) is 14.4 Å². The highest BCUT2D eigenvalue weighted by molar-refractivity contribution is 5.93. The second kappa shape index (κ2) is 13.4. The first kappa shape index (κ1) is 31.9. The Balaban J connectivity index is 2.08. The molecule has 3 fully saturated rings. The second-order valence-electron chi connectivity index (χ2n) is 12.9. The van der Waals surface area contributed by atoms with Gasteiger partial charge in [-0.05, 0) is 57.3 Å². The van der Waals surface area contributed by atoms with E-state index in [0.717, 1.165) is 77.0 Å². The molecule has 0 aromatic rings. The summed E-state index contributed by atoms with van der Waals surface area (Å²) in [4.78, 5) is 42.1. The largest absolute Gasteiger partial charge is 0.465 e. The second-order valence-corrected chi connectivity index (χ2v) is 12.9. The first-order valence-corrected chi connectivity index (χ1v) is 16.2. The number of carbonyl (C=O) groups excluding carboxylic acids is 3. The molecule has 0 N–H and O–H groups in total. The standard InChI is InChI=1S/C33H56O6/c1-7-13-16-25(10-4)22-37-27(34)26-17-20-32(28(35)38-23-30(32,11-5)18-14-8-2)33(21-26)29(36)39-24-31(33,12-6)19-15-9-3/h25-26H,7-24H2,1-6H3. The summed E-state index contributed by atoms with van der Waals surface area (Å²) in [5, 5.41) is 0. The first-order valence-electron chi connectivity index (χ1n) is 16.2. The summed E-state index contributed by atoms with van der Waals surface area (Å²) in [7, 11) is 0. The van der Waals surface area contributed by atoms with Crippen molar-refractivity contribution in [2.45, 2.75) is 138 Å². The van der Waals surface area contributed by atoms with Crippen molar-refractivity contribution in [1.29, 1.82) is 0 Å². The third-order valence-electron chi connectivity index (χ3n) is 11.3. The highest BCUT2D eigenvalue weighted by Gasteiger charge is 2.81. The minimum atomic E-state index is -1.07. The van der Waals surface area contributed by atoms with Gasteiger partial charge < -0.3 is 14.2 Å². The molecule has 2 saturated heterocycles.